The van der Waals surface area contributed by atoms with Crippen molar-refractivity contribution in [3.8, 4) is 0 Å². The van der Waals surface area contributed by atoms with E-state index in [0.29, 0.717) is 61.5 Å². The number of piperazine rings is 1. The number of carbonyl (C=O) groups excluding carboxylic acids is 1. The van der Waals surface area contributed by atoms with Gasteiger partial charge in [-0.1, -0.05) is 18.0 Å². The Kier molecular flexibility index (Phi) is 9.72. The minimum absolute atomic E-state index is 0. The number of halogens is 2. The largest absolute Gasteiger partial charge is 0.343 e. The van der Waals surface area contributed by atoms with Crippen molar-refractivity contribution in [3.63, 3.8) is 0 Å². The number of hydrogen-bond acceptors (Lipinski definition) is 8. The van der Waals surface area contributed by atoms with Crippen LogP contribution < -0.4 is 0 Å². The van der Waals surface area contributed by atoms with Crippen molar-refractivity contribution in [3.05, 3.63) is 27.6 Å². The molecule has 2 aliphatic rings. The van der Waals surface area contributed by atoms with Gasteiger partial charge in [-0.3, -0.25) is 9.69 Å². The lowest BCUT2D eigenvalue weighted by Gasteiger charge is -2.32. The van der Waals surface area contributed by atoms with Crippen LogP contribution in [0, 0.1) is 0 Å². The van der Waals surface area contributed by atoms with E-state index in [2.05, 4.69) is 31.0 Å². The van der Waals surface area contributed by atoms with Gasteiger partial charge in [0.1, 0.15) is 4.21 Å². The van der Waals surface area contributed by atoms with Gasteiger partial charge in [0, 0.05) is 52.1 Å². The molecule has 0 spiro atoms. The number of aromatic nitrogens is 2. The third-order valence-electron chi connectivity index (χ3n) is 5.86. The molecule has 2 aromatic heterocycles. The lowest BCUT2D eigenvalue weighted by molar-refractivity contribution is -0.131. The van der Waals surface area contributed by atoms with Crippen LogP contribution in [-0.4, -0.2) is 77.8 Å². The number of likely N-dealkylation sites (tertiary alicyclic amines) is 1. The number of thiophene rings is 1. The van der Waals surface area contributed by atoms with E-state index in [9.17, 15) is 13.2 Å². The van der Waals surface area contributed by atoms with E-state index in [-0.39, 0.29) is 18.3 Å². The van der Waals surface area contributed by atoms with Gasteiger partial charge >= 0.3 is 0 Å². The molecule has 2 saturated heterocycles. The Balaban J connectivity index is 0.00000306. The zero-order valence-corrected chi connectivity index (χ0v) is 22.4. The first kappa shape index (κ1) is 26.6. The summed E-state index contributed by atoms with van der Waals surface area (Å²) in [5.41, 5.74) is 0. The fourth-order valence-corrected chi connectivity index (χ4v) is 7.63. The summed E-state index contributed by atoms with van der Waals surface area (Å²) in [6.45, 7) is 4.24. The quantitative estimate of drug-likeness (QED) is 0.494. The molecule has 184 valence electrons. The highest BCUT2D eigenvalue weighted by atomic mass is 79.9. The van der Waals surface area contributed by atoms with Crippen LogP contribution in [0.2, 0.25) is 0 Å². The summed E-state index contributed by atoms with van der Waals surface area (Å²) in [6, 6.07) is 3.39. The van der Waals surface area contributed by atoms with E-state index >= 15 is 0 Å². The second-order valence-electron chi connectivity index (χ2n) is 8.14. The molecule has 0 saturated carbocycles. The minimum Gasteiger partial charge on any atom is -0.343 e. The van der Waals surface area contributed by atoms with Crippen LogP contribution in [0.25, 0.3) is 0 Å². The van der Waals surface area contributed by atoms with Crippen molar-refractivity contribution >= 4 is 55.6 Å². The zero-order valence-electron chi connectivity index (χ0n) is 18.3. The normalized spacial score (nSPS) is 18.6. The maximum atomic E-state index is 12.8. The first-order valence-corrected chi connectivity index (χ1v) is 14.0. The Bertz CT molecular complexity index is 1020. The average molecular weight is 583 g/mol. The molecular formula is C20H29BrClN5O4S2. The highest BCUT2D eigenvalue weighted by molar-refractivity contribution is 9.11. The summed E-state index contributed by atoms with van der Waals surface area (Å²) < 4.78 is 33.5. The van der Waals surface area contributed by atoms with Gasteiger partial charge in [-0.05, 0) is 40.9 Å². The third-order valence-corrected chi connectivity index (χ3v) is 9.85. The summed E-state index contributed by atoms with van der Waals surface area (Å²) in [6.07, 6.45) is 5.39. The number of amides is 1. The van der Waals surface area contributed by atoms with Gasteiger partial charge in [0.25, 0.3) is 10.0 Å². The van der Waals surface area contributed by atoms with Crippen molar-refractivity contribution in [2.45, 2.75) is 49.3 Å². The van der Waals surface area contributed by atoms with Crippen molar-refractivity contribution in [1.29, 1.82) is 0 Å². The molecule has 1 amide bonds. The maximum absolute atomic E-state index is 12.8. The molecule has 0 aliphatic carbocycles. The van der Waals surface area contributed by atoms with Crippen molar-refractivity contribution in [1.82, 2.24) is 24.2 Å². The molecule has 0 atom stereocenters. The molecule has 9 nitrogen and oxygen atoms in total. The molecule has 2 aliphatic heterocycles. The van der Waals surface area contributed by atoms with Crippen molar-refractivity contribution in [2.24, 2.45) is 0 Å². The van der Waals surface area contributed by atoms with Crippen LogP contribution in [0.15, 0.2) is 24.7 Å². The van der Waals surface area contributed by atoms with E-state index in [1.165, 1.54) is 28.5 Å². The summed E-state index contributed by atoms with van der Waals surface area (Å²) in [4.78, 5) is 20.9. The highest BCUT2D eigenvalue weighted by Crippen LogP contribution is 2.29. The maximum Gasteiger partial charge on any atom is 0.252 e. The molecule has 0 unspecified atom stereocenters. The van der Waals surface area contributed by atoms with E-state index < -0.39 is 10.0 Å². The minimum atomic E-state index is -3.45. The molecule has 33 heavy (non-hydrogen) atoms. The van der Waals surface area contributed by atoms with Crippen LogP contribution in [0.5, 0.6) is 0 Å². The van der Waals surface area contributed by atoms with Gasteiger partial charge in [-0.2, -0.15) is 9.29 Å². The molecule has 0 aromatic carbocycles. The summed E-state index contributed by atoms with van der Waals surface area (Å²) >= 11 is 4.55. The molecule has 2 fully saturated rings. The van der Waals surface area contributed by atoms with Crippen LogP contribution in [0.4, 0.5) is 0 Å². The van der Waals surface area contributed by atoms with E-state index in [0.717, 1.165) is 29.7 Å². The standard InChI is InChI=1S/C20H28BrN5O4S2.ClH/c21-16-5-8-20(31-16)32(28,29)26-13-11-24(12-14-26)15-17-22-18(30-23-17)6-7-19(27)25-9-3-1-2-4-10-25;/h5,8H,1-4,6-7,9-15H2;1H. The first-order valence-electron chi connectivity index (χ1n) is 11.0. The van der Waals surface area contributed by atoms with Gasteiger partial charge in [0.05, 0.1) is 10.3 Å². The Morgan fingerprint density at radius 2 is 1.76 bits per heavy atom. The van der Waals surface area contributed by atoms with Crippen LogP contribution in [0.1, 0.15) is 43.8 Å². The SMILES string of the molecule is Cl.O=C(CCc1nc(CN2CCN(S(=O)(=O)c3ccc(Br)s3)CC2)no1)N1CCCCCC1. The Morgan fingerprint density at radius 1 is 1.06 bits per heavy atom. The third kappa shape index (κ3) is 6.98. The molecule has 13 heteroatoms. The Morgan fingerprint density at radius 3 is 2.39 bits per heavy atom. The van der Waals surface area contributed by atoms with Crippen LogP contribution in [0.3, 0.4) is 0 Å². The highest BCUT2D eigenvalue weighted by Gasteiger charge is 2.30. The fourth-order valence-electron chi connectivity index (χ4n) is 4.04. The van der Waals surface area contributed by atoms with Crippen LogP contribution >= 0.6 is 39.7 Å². The molecule has 0 bridgehead atoms. The van der Waals surface area contributed by atoms with Gasteiger partial charge in [-0.15, -0.1) is 23.7 Å². The smallest absolute Gasteiger partial charge is 0.252 e. The lowest BCUT2D eigenvalue weighted by atomic mass is 10.2. The van der Waals surface area contributed by atoms with Gasteiger partial charge in [-0.25, -0.2) is 8.42 Å². The fraction of sp³-hybridized carbons (Fsp3) is 0.650. The number of rotatable bonds is 7. The molecule has 0 N–H and O–H groups in total. The molecule has 0 radical (unpaired) electrons. The van der Waals surface area contributed by atoms with E-state index in [1.54, 1.807) is 12.1 Å². The number of sulfonamides is 1. The van der Waals surface area contributed by atoms with Gasteiger partial charge < -0.3 is 9.42 Å². The molecule has 4 heterocycles. The van der Waals surface area contributed by atoms with Gasteiger partial charge in [0.2, 0.25) is 11.8 Å². The Hall–Kier alpha value is -1.05. The topological polar surface area (TPSA) is 99.9 Å². The average Bonchev–Trinajstić information content (AvgIpc) is 3.33. The number of aryl methyl sites for hydroxylation is 1. The first-order chi connectivity index (χ1) is 15.4. The van der Waals surface area contributed by atoms with Crippen molar-refractivity contribution < 1.29 is 17.7 Å². The molecule has 2 aromatic rings. The second kappa shape index (κ2) is 12.1. The second-order valence-corrected chi connectivity index (χ2v) is 12.8. The van der Waals surface area contributed by atoms with Gasteiger partial charge in [0.15, 0.2) is 5.82 Å². The summed E-state index contributed by atoms with van der Waals surface area (Å²) in [7, 11) is -3.45. The Labute approximate surface area is 213 Å². The van der Waals surface area contributed by atoms with Crippen LogP contribution in [-0.2, 0) is 27.8 Å². The van der Waals surface area contributed by atoms with E-state index in [1.807, 2.05) is 4.90 Å². The lowest BCUT2D eigenvalue weighted by Crippen LogP contribution is -2.48. The van der Waals surface area contributed by atoms with E-state index in [4.69, 9.17) is 4.52 Å². The molecule has 4 rings (SSSR count). The number of hydrogen-bond donors (Lipinski definition) is 0. The zero-order chi connectivity index (χ0) is 22.6. The predicted octanol–water partition coefficient (Wildman–Crippen LogP) is 3.16. The monoisotopic (exact) mass is 581 g/mol. The summed E-state index contributed by atoms with van der Waals surface area (Å²) in [5.74, 6) is 1.20. The number of nitrogens with zero attached hydrogens (tertiary/aromatic N) is 5. The summed E-state index contributed by atoms with van der Waals surface area (Å²) in [5, 5.41) is 4.05. The molecular weight excluding hydrogens is 554 g/mol. The predicted molar refractivity (Wildman–Crippen MR) is 131 cm³/mol. The number of carbonyl (C=O) groups is 1. The van der Waals surface area contributed by atoms with Crippen molar-refractivity contribution in [2.75, 3.05) is 39.3 Å².